The Balaban J connectivity index is 2.55. The van der Waals surface area contributed by atoms with Gasteiger partial charge in [0.1, 0.15) is 5.82 Å². The van der Waals surface area contributed by atoms with E-state index in [-0.39, 0.29) is 0 Å². The Hall–Kier alpha value is -2.02. The van der Waals surface area contributed by atoms with Crippen molar-refractivity contribution in [2.24, 2.45) is 0 Å². The molecule has 0 fully saturated rings. The molecule has 4 heteroatoms. The van der Waals surface area contributed by atoms with Gasteiger partial charge in [0.15, 0.2) is 0 Å². The van der Waals surface area contributed by atoms with Crippen LogP contribution in [0, 0.1) is 11.3 Å². The molecule has 78 valence electrons. The van der Waals surface area contributed by atoms with Crippen molar-refractivity contribution in [1.29, 1.82) is 5.26 Å². The van der Waals surface area contributed by atoms with E-state index in [0.717, 1.165) is 6.42 Å². The molecule has 0 spiro atoms. The number of nitrogens with one attached hydrogen (secondary N) is 2. The number of rotatable bonds is 4. The standard InChI is InChI=1S/C11H14N4/c1-3-9(2)8-14-15-11-6-10(7-12)4-5-13-11/h4-6,8,14H,3H2,1-2H3,(H,13,15)/b9-8-. The van der Waals surface area contributed by atoms with Crippen LogP contribution in [-0.2, 0) is 0 Å². The van der Waals surface area contributed by atoms with Crippen LogP contribution in [0.5, 0.6) is 0 Å². The number of nitrogens with zero attached hydrogens (tertiary/aromatic N) is 2. The number of pyridine rings is 1. The Kier molecular flexibility index (Phi) is 4.17. The Morgan fingerprint density at radius 3 is 3.13 bits per heavy atom. The fourth-order valence-electron chi connectivity index (χ4n) is 0.904. The van der Waals surface area contributed by atoms with Gasteiger partial charge in [-0.1, -0.05) is 12.5 Å². The summed E-state index contributed by atoms with van der Waals surface area (Å²) in [6.45, 7) is 4.12. The summed E-state index contributed by atoms with van der Waals surface area (Å²) < 4.78 is 0. The fourth-order valence-corrected chi connectivity index (χ4v) is 0.904. The quantitative estimate of drug-likeness (QED) is 0.735. The van der Waals surface area contributed by atoms with Gasteiger partial charge in [-0.05, 0) is 25.5 Å². The SMILES string of the molecule is CC/C(C)=C\NNc1cc(C#N)ccn1. The topological polar surface area (TPSA) is 60.7 Å². The summed E-state index contributed by atoms with van der Waals surface area (Å²) in [5.74, 6) is 0.634. The maximum absolute atomic E-state index is 8.68. The van der Waals surface area contributed by atoms with Crippen molar-refractivity contribution < 1.29 is 0 Å². The zero-order chi connectivity index (χ0) is 11.1. The largest absolute Gasteiger partial charge is 0.307 e. The number of hydrogen-bond donors (Lipinski definition) is 2. The molecule has 0 saturated carbocycles. The molecule has 1 aromatic heterocycles. The summed E-state index contributed by atoms with van der Waals surface area (Å²) in [6.07, 6.45) is 4.47. The first-order valence-electron chi connectivity index (χ1n) is 4.79. The van der Waals surface area contributed by atoms with Crippen molar-refractivity contribution in [3.05, 3.63) is 35.7 Å². The van der Waals surface area contributed by atoms with Gasteiger partial charge in [0.2, 0.25) is 0 Å². The molecule has 0 aliphatic heterocycles. The van der Waals surface area contributed by atoms with Crippen LogP contribution in [0.2, 0.25) is 0 Å². The Labute approximate surface area is 89.6 Å². The third-order valence-corrected chi connectivity index (χ3v) is 1.97. The lowest BCUT2D eigenvalue weighted by molar-refractivity contribution is 0.977. The fraction of sp³-hybridized carbons (Fsp3) is 0.273. The van der Waals surface area contributed by atoms with Gasteiger partial charge in [0, 0.05) is 12.4 Å². The molecule has 2 N–H and O–H groups in total. The van der Waals surface area contributed by atoms with E-state index in [1.165, 1.54) is 5.57 Å². The van der Waals surface area contributed by atoms with Crippen molar-refractivity contribution in [3.63, 3.8) is 0 Å². The molecule has 0 aliphatic rings. The van der Waals surface area contributed by atoms with Crippen molar-refractivity contribution in [3.8, 4) is 6.07 Å². The molecule has 0 bridgehead atoms. The van der Waals surface area contributed by atoms with Crippen LogP contribution in [0.3, 0.4) is 0 Å². The van der Waals surface area contributed by atoms with E-state index in [0.29, 0.717) is 11.4 Å². The Bertz CT molecular complexity index is 390. The molecule has 0 aromatic carbocycles. The monoisotopic (exact) mass is 202 g/mol. The number of anilines is 1. The van der Waals surface area contributed by atoms with Gasteiger partial charge < -0.3 is 5.43 Å². The highest BCUT2D eigenvalue weighted by molar-refractivity contribution is 5.41. The van der Waals surface area contributed by atoms with Gasteiger partial charge in [0.25, 0.3) is 0 Å². The number of allylic oxidation sites excluding steroid dienone is 1. The van der Waals surface area contributed by atoms with Gasteiger partial charge in [-0.25, -0.2) is 4.98 Å². The lowest BCUT2D eigenvalue weighted by Crippen LogP contribution is -2.15. The second kappa shape index (κ2) is 5.66. The summed E-state index contributed by atoms with van der Waals surface area (Å²) in [4.78, 5) is 4.06. The number of nitriles is 1. The Morgan fingerprint density at radius 1 is 1.67 bits per heavy atom. The molecule has 0 aliphatic carbocycles. The third-order valence-electron chi connectivity index (χ3n) is 1.97. The van der Waals surface area contributed by atoms with E-state index < -0.39 is 0 Å². The van der Waals surface area contributed by atoms with Gasteiger partial charge in [-0.3, -0.25) is 5.43 Å². The van der Waals surface area contributed by atoms with Gasteiger partial charge in [0.05, 0.1) is 11.6 Å². The molecular formula is C11H14N4. The molecule has 4 nitrogen and oxygen atoms in total. The molecule has 1 rings (SSSR count). The minimum atomic E-state index is 0.588. The predicted octanol–water partition coefficient (Wildman–Crippen LogP) is 2.18. The van der Waals surface area contributed by atoms with Crippen LogP contribution >= 0.6 is 0 Å². The molecule has 0 saturated heterocycles. The molecule has 15 heavy (non-hydrogen) atoms. The zero-order valence-electron chi connectivity index (χ0n) is 8.91. The van der Waals surface area contributed by atoms with Crippen molar-refractivity contribution in [1.82, 2.24) is 10.4 Å². The van der Waals surface area contributed by atoms with Crippen molar-refractivity contribution in [2.75, 3.05) is 5.43 Å². The van der Waals surface area contributed by atoms with E-state index in [9.17, 15) is 0 Å². The second-order valence-electron chi connectivity index (χ2n) is 3.16. The van der Waals surface area contributed by atoms with Gasteiger partial charge in [-0.2, -0.15) is 5.26 Å². The molecular weight excluding hydrogens is 188 g/mol. The van der Waals surface area contributed by atoms with Crippen molar-refractivity contribution in [2.45, 2.75) is 20.3 Å². The van der Waals surface area contributed by atoms with Gasteiger partial charge in [-0.15, -0.1) is 0 Å². The first kappa shape index (κ1) is 11.1. The van der Waals surface area contributed by atoms with E-state index in [1.54, 1.807) is 18.3 Å². The number of aromatic nitrogens is 1. The van der Waals surface area contributed by atoms with Crippen molar-refractivity contribution >= 4 is 5.82 Å². The average Bonchev–Trinajstić information content (AvgIpc) is 2.29. The lowest BCUT2D eigenvalue weighted by Gasteiger charge is -2.05. The number of hydrogen-bond acceptors (Lipinski definition) is 4. The summed E-state index contributed by atoms with van der Waals surface area (Å²) in [5, 5.41) is 8.68. The summed E-state index contributed by atoms with van der Waals surface area (Å²) in [6, 6.07) is 5.40. The minimum Gasteiger partial charge on any atom is -0.307 e. The van der Waals surface area contributed by atoms with Crippen LogP contribution in [0.15, 0.2) is 30.1 Å². The second-order valence-corrected chi connectivity index (χ2v) is 3.16. The zero-order valence-corrected chi connectivity index (χ0v) is 8.91. The van der Waals surface area contributed by atoms with E-state index in [2.05, 4.69) is 28.8 Å². The van der Waals surface area contributed by atoms with E-state index in [4.69, 9.17) is 5.26 Å². The predicted molar refractivity (Wildman–Crippen MR) is 59.8 cm³/mol. The lowest BCUT2D eigenvalue weighted by atomic mass is 10.3. The smallest absolute Gasteiger partial charge is 0.145 e. The Morgan fingerprint density at radius 2 is 2.47 bits per heavy atom. The highest BCUT2D eigenvalue weighted by Crippen LogP contribution is 2.04. The average molecular weight is 202 g/mol. The van der Waals surface area contributed by atoms with Crippen LogP contribution in [0.4, 0.5) is 5.82 Å². The summed E-state index contributed by atoms with van der Waals surface area (Å²) in [7, 11) is 0. The molecule has 0 unspecified atom stereocenters. The minimum absolute atomic E-state index is 0.588. The molecule has 1 heterocycles. The number of hydrazine groups is 1. The molecule has 0 amide bonds. The first-order chi connectivity index (χ1) is 7.26. The summed E-state index contributed by atoms with van der Waals surface area (Å²) >= 11 is 0. The normalized spacial score (nSPS) is 10.6. The first-order valence-corrected chi connectivity index (χ1v) is 4.79. The summed E-state index contributed by atoms with van der Waals surface area (Å²) in [5.41, 5.74) is 7.64. The van der Waals surface area contributed by atoms with Crippen LogP contribution in [-0.4, -0.2) is 4.98 Å². The van der Waals surface area contributed by atoms with Crippen LogP contribution in [0.25, 0.3) is 0 Å². The van der Waals surface area contributed by atoms with E-state index in [1.807, 2.05) is 13.1 Å². The van der Waals surface area contributed by atoms with Gasteiger partial charge >= 0.3 is 0 Å². The maximum Gasteiger partial charge on any atom is 0.145 e. The maximum atomic E-state index is 8.68. The molecule has 0 radical (unpaired) electrons. The van der Waals surface area contributed by atoms with Crippen LogP contribution < -0.4 is 10.9 Å². The highest BCUT2D eigenvalue weighted by atomic mass is 15.4. The van der Waals surface area contributed by atoms with Crippen LogP contribution in [0.1, 0.15) is 25.8 Å². The van der Waals surface area contributed by atoms with E-state index >= 15 is 0 Å². The molecule has 0 atom stereocenters. The third kappa shape index (κ3) is 3.69. The molecule has 1 aromatic rings. The highest BCUT2D eigenvalue weighted by Gasteiger charge is 1.93.